The van der Waals surface area contributed by atoms with Crippen molar-refractivity contribution < 1.29 is 4.74 Å². The molecule has 0 radical (unpaired) electrons. The summed E-state index contributed by atoms with van der Waals surface area (Å²) in [5.41, 5.74) is 3.31. The van der Waals surface area contributed by atoms with Gasteiger partial charge in [-0.05, 0) is 55.9 Å². The lowest BCUT2D eigenvalue weighted by atomic mass is 9.97. The van der Waals surface area contributed by atoms with Gasteiger partial charge in [0, 0.05) is 24.2 Å². The number of ether oxygens (including phenoxy) is 1. The number of methoxy groups -OCH3 is 1. The van der Waals surface area contributed by atoms with Crippen molar-refractivity contribution in [2.75, 3.05) is 12.4 Å². The van der Waals surface area contributed by atoms with Crippen molar-refractivity contribution in [3.8, 4) is 0 Å². The fourth-order valence-corrected chi connectivity index (χ4v) is 4.91. The van der Waals surface area contributed by atoms with Crippen LogP contribution in [0.15, 0.2) is 29.1 Å². The Morgan fingerprint density at radius 3 is 2.96 bits per heavy atom. The van der Waals surface area contributed by atoms with E-state index in [4.69, 9.17) is 9.72 Å². The lowest BCUT2D eigenvalue weighted by Crippen LogP contribution is -2.23. The van der Waals surface area contributed by atoms with E-state index in [1.54, 1.807) is 23.0 Å². The van der Waals surface area contributed by atoms with Crippen molar-refractivity contribution in [1.82, 2.24) is 9.55 Å². The summed E-state index contributed by atoms with van der Waals surface area (Å²) in [7, 11) is 1.68. The van der Waals surface area contributed by atoms with Gasteiger partial charge in [0.1, 0.15) is 4.83 Å². The van der Waals surface area contributed by atoms with Crippen molar-refractivity contribution >= 4 is 33.2 Å². The van der Waals surface area contributed by atoms with Crippen molar-refractivity contribution in [2.24, 2.45) is 0 Å². The third kappa shape index (κ3) is 3.04. The molecule has 2 aromatic heterocycles. The topological polar surface area (TPSA) is 56.1 Å². The summed E-state index contributed by atoms with van der Waals surface area (Å²) in [4.78, 5) is 20.2. The molecule has 0 fully saturated rings. The summed E-state index contributed by atoms with van der Waals surface area (Å²) >= 11 is 1.68. The molecule has 0 spiro atoms. The van der Waals surface area contributed by atoms with Crippen LogP contribution in [0, 0.1) is 0 Å². The molecule has 3 aromatic rings. The summed E-state index contributed by atoms with van der Waals surface area (Å²) in [6.45, 7) is 3.13. The first-order valence-electron chi connectivity index (χ1n) is 9.11. The van der Waals surface area contributed by atoms with E-state index in [1.807, 2.05) is 31.2 Å². The third-order valence-corrected chi connectivity index (χ3v) is 6.07. The maximum absolute atomic E-state index is 13.1. The minimum atomic E-state index is 0.0763. The number of fused-ring (bicyclic) bond motifs is 3. The van der Waals surface area contributed by atoms with Gasteiger partial charge in [0.25, 0.3) is 5.56 Å². The van der Waals surface area contributed by atoms with Crippen LogP contribution in [0.25, 0.3) is 10.2 Å². The minimum absolute atomic E-state index is 0.0763. The standard InChI is InChI=1S/C20H23N3O2S/c1-3-23-19(24)17-15-9-4-5-10-16(15)26-18(17)22-20(23)21-14-8-6-7-13(11-14)12-25-2/h6-8,11H,3-5,9-10,12H2,1-2H3,(H,21,22). The molecule has 1 aromatic carbocycles. The number of hydrogen-bond donors (Lipinski definition) is 1. The largest absolute Gasteiger partial charge is 0.380 e. The van der Waals surface area contributed by atoms with Crippen molar-refractivity contribution in [3.63, 3.8) is 0 Å². The predicted molar refractivity (Wildman–Crippen MR) is 107 cm³/mol. The summed E-state index contributed by atoms with van der Waals surface area (Å²) in [6, 6.07) is 8.01. The van der Waals surface area contributed by atoms with Crippen molar-refractivity contribution in [3.05, 3.63) is 50.6 Å². The van der Waals surface area contributed by atoms with Gasteiger partial charge in [0.05, 0.1) is 12.0 Å². The second-order valence-electron chi connectivity index (χ2n) is 6.63. The minimum Gasteiger partial charge on any atom is -0.380 e. The van der Waals surface area contributed by atoms with Gasteiger partial charge in [-0.2, -0.15) is 0 Å². The lowest BCUT2D eigenvalue weighted by molar-refractivity contribution is 0.185. The van der Waals surface area contributed by atoms with Gasteiger partial charge in [-0.3, -0.25) is 9.36 Å². The van der Waals surface area contributed by atoms with Crippen LogP contribution in [0.2, 0.25) is 0 Å². The SMILES string of the molecule is CCn1c(Nc2cccc(COC)c2)nc2sc3c(c2c1=O)CCCC3. The first kappa shape index (κ1) is 17.2. The van der Waals surface area contributed by atoms with Crippen molar-refractivity contribution in [2.45, 2.75) is 45.8 Å². The van der Waals surface area contributed by atoms with E-state index in [0.29, 0.717) is 19.1 Å². The molecule has 1 aliphatic rings. The maximum Gasteiger partial charge on any atom is 0.263 e. The number of aromatic nitrogens is 2. The van der Waals surface area contributed by atoms with Crippen molar-refractivity contribution in [1.29, 1.82) is 0 Å². The van der Waals surface area contributed by atoms with Crippen LogP contribution in [0.3, 0.4) is 0 Å². The van der Waals surface area contributed by atoms with E-state index < -0.39 is 0 Å². The Hall–Kier alpha value is -2.18. The zero-order valence-electron chi connectivity index (χ0n) is 15.2. The number of hydrogen-bond acceptors (Lipinski definition) is 5. The van der Waals surface area contributed by atoms with E-state index in [0.717, 1.165) is 40.7 Å². The van der Waals surface area contributed by atoms with Gasteiger partial charge in [0.15, 0.2) is 0 Å². The quantitative estimate of drug-likeness (QED) is 0.731. The third-order valence-electron chi connectivity index (χ3n) is 4.89. The van der Waals surface area contributed by atoms with Gasteiger partial charge in [-0.1, -0.05) is 12.1 Å². The van der Waals surface area contributed by atoms with Crippen LogP contribution in [-0.4, -0.2) is 16.7 Å². The molecule has 26 heavy (non-hydrogen) atoms. The molecule has 4 rings (SSSR count). The Morgan fingerprint density at radius 2 is 2.15 bits per heavy atom. The molecule has 0 saturated carbocycles. The molecule has 5 nitrogen and oxygen atoms in total. The Morgan fingerprint density at radius 1 is 1.31 bits per heavy atom. The summed E-state index contributed by atoms with van der Waals surface area (Å²) in [6.07, 6.45) is 4.45. The first-order valence-corrected chi connectivity index (χ1v) is 9.93. The van der Waals surface area contributed by atoms with Gasteiger partial charge in [-0.25, -0.2) is 4.98 Å². The highest BCUT2D eigenvalue weighted by Crippen LogP contribution is 2.34. The second kappa shape index (κ2) is 7.21. The van der Waals surface area contributed by atoms with Gasteiger partial charge >= 0.3 is 0 Å². The highest BCUT2D eigenvalue weighted by molar-refractivity contribution is 7.18. The fraction of sp³-hybridized carbons (Fsp3) is 0.400. The molecule has 0 amide bonds. The average molecular weight is 369 g/mol. The van der Waals surface area contributed by atoms with E-state index in [2.05, 4.69) is 5.32 Å². The lowest BCUT2D eigenvalue weighted by Gasteiger charge is -2.14. The molecule has 1 aliphatic carbocycles. The molecule has 6 heteroatoms. The first-order chi connectivity index (χ1) is 12.7. The normalized spacial score (nSPS) is 13.8. The van der Waals surface area contributed by atoms with E-state index in [-0.39, 0.29) is 5.56 Å². The highest BCUT2D eigenvalue weighted by Gasteiger charge is 2.21. The Balaban J connectivity index is 1.80. The summed E-state index contributed by atoms with van der Waals surface area (Å²) in [5, 5.41) is 4.18. The number of aryl methyl sites for hydroxylation is 2. The van der Waals surface area contributed by atoms with Crippen LogP contribution in [0.5, 0.6) is 0 Å². The smallest absolute Gasteiger partial charge is 0.263 e. The monoisotopic (exact) mass is 369 g/mol. The van der Waals surface area contributed by atoms with Crippen LogP contribution >= 0.6 is 11.3 Å². The molecule has 0 atom stereocenters. The predicted octanol–water partition coefficient (Wildman–Crippen LogP) is 4.25. The molecule has 0 aliphatic heterocycles. The molecule has 1 N–H and O–H groups in total. The molecule has 0 unspecified atom stereocenters. The van der Waals surface area contributed by atoms with Gasteiger partial charge < -0.3 is 10.1 Å². The van der Waals surface area contributed by atoms with Gasteiger partial charge in [-0.15, -0.1) is 11.3 Å². The number of anilines is 2. The highest BCUT2D eigenvalue weighted by atomic mass is 32.1. The maximum atomic E-state index is 13.1. The van der Waals surface area contributed by atoms with Crippen LogP contribution < -0.4 is 10.9 Å². The fourth-order valence-electron chi connectivity index (χ4n) is 3.66. The van der Waals surface area contributed by atoms with Crippen LogP contribution in [0.4, 0.5) is 11.6 Å². The second-order valence-corrected chi connectivity index (χ2v) is 7.72. The number of benzene rings is 1. The zero-order chi connectivity index (χ0) is 18.1. The number of rotatable bonds is 5. The van der Waals surface area contributed by atoms with Crippen LogP contribution in [0.1, 0.15) is 35.8 Å². The average Bonchev–Trinajstić information content (AvgIpc) is 3.01. The molecule has 136 valence electrons. The molecule has 0 saturated heterocycles. The van der Waals surface area contributed by atoms with E-state index in [9.17, 15) is 4.79 Å². The summed E-state index contributed by atoms with van der Waals surface area (Å²) < 4.78 is 6.95. The van der Waals surface area contributed by atoms with Crippen LogP contribution in [-0.2, 0) is 30.7 Å². The molecular weight excluding hydrogens is 346 g/mol. The van der Waals surface area contributed by atoms with E-state index >= 15 is 0 Å². The van der Waals surface area contributed by atoms with E-state index in [1.165, 1.54) is 16.9 Å². The Bertz CT molecular complexity index is 1010. The summed E-state index contributed by atoms with van der Waals surface area (Å²) in [5.74, 6) is 0.609. The number of nitrogens with one attached hydrogen (secondary N) is 1. The molecule has 2 heterocycles. The zero-order valence-corrected chi connectivity index (χ0v) is 16.0. The Labute approximate surface area is 156 Å². The number of nitrogens with zero attached hydrogens (tertiary/aromatic N) is 2. The molecule has 0 bridgehead atoms. The molecular formula is C20H23N3O2S. The Kier molecular flexibility index (Phi) is 4.78. The van der Waals surface area contributed by atoms with Gasteiger partial charge in [0.2, 0.25) is 5.95 Å². The number of thiophene rings is 1.